The highest BCUT2D eigenvalue weighted by molar-refractivity contribution is 9.10. The van der Waals surface area contributed by atoms with Gasteiger partial charge in [0.2, 0.25) is 0 Å². The molecule has 2 rings (SSSR count). The van der Waals surface area contributed by atoms with Crippen LogP contribution in [0.5, 0.6) is 0 Å². The summed E-state index contributed by atoms with van der Waals surface area (Å²) in [5.74, 6) is 2.07. The number of nitrogens with zero attached hydrogens (tertiary/aromatic N) is 2. The van der Waals surface area contributed by atoms with E-state index >= 15 is 0 Å². The lowest BCUT2D eigenvalue weighted by Crippen LogP contribution is -2.07. The Hall–Kier alpha value is -1.42. The molecular formula is C15H18BrN3. The highest BCUT2D eigenvalue weighted by atomic mass is 79.9. The zero-order valence-electron chi connectivity index (χ0n) is 11.7. The zero-order valence-corrected chi connectivity index (χ0v) is 13.2. The van der Waals surface area contributed by atoms with Crippen LogP contribution in [-0.2, 0) is 0 Å². The second-order valence-electron chi connectivity index (χ2n) is 4.81. The van der Waals surface area contributed by atoms with E-state index in [9.17, 15) is 0 Å². The Kier molecular flexibility index (Phi) is 4.20. The van der Waals surface area contributed by atoms with E-state index in [1.807, 2.05) is 38.2 Å². The molecule has 3 nitrogen and oxygen atoms in total. The fourth-order valence-electron chi connectivity index (χ4n) is 2.22. The van der Waals surface area contributed by atoms with Gasteiger partial charge in [0.1, 0.15) is 5.82 Å². The molecule has 0 aliphatic heterocycles. The van der Waals surface area contributed by atoms with E-state index in [1.165, 1.54) is 5.56 Å². The van der Waals surface area contributed by atoms with Gasteiger partial charge in [-0.25, -0.2) is 9.97 Å². The number of aromatic nitrogens is 2. The molecule has 0 spiro atoms. The maximum atomic E-state index is 4.64. The van der Waals surface area contributed by atoms with Gasteiger partial charge in [0, 0.05) is 28.3 Å². The van der Waals surface area contributed by atoms with E-state index in [4.69, 9.17) is 0 Å². The zero-order chi connectivity index (χ0) is 14.0. The summed E-state index contributed by atoms with van der Waals surface area (Å²) < 4.78 is 1.03. The lowest BCUT2D eigenvalue weighted by molar-refractivity contribution is 0.833. The average molecular weight is 320 g/mol. The molecule has 0 aliphatic rings. The SMILES string of the molecule is CNc1nc(-c2cccc(Br)c2)nc(C)c1C(C)C. The first-order valence-electron chi connectivity index (χ1n) is 6.35. The molecule has 1 heterocycles. The first kappa shape index (κ1) is 14.0. The first-order chi connectivity index (χ1) is 9.02. The molecule has 0 bridgehead atoms. The second kappa shape index (κ2) is 5.70. The van der Waals surface area contributed by atoms with Crippen molar-refractivity contribution in [3.8, 4) is 11.4 Å². The third-order valence-electron chi connectivity index (χ3n) is 3.03. The van der Waals surface area contributed by atoms with Crippen LogP contribution in [-0.4, -0.2) is 17.0 Å². The molecule has 1 aromatic heterocycles. The Bertz CT molecular complexity index is 594. The van der Waals surface area contributed by atoms with Gasteiger partial charge >= 0.3 is 0 Å². The maximum Gasteiger partial charge on any atom is 0.161 e. The van der Waals surface area contributed by atoms with Crippen LogP contribution < -0.4 is 5.32 Å². The van der Waals surface area contributed by atoms with Crippen LogP contribution in [0.15, 0.2) is 28.7 Å². The molecule has 1 N–H and O–H groups in total. The number of nitrogens with one attached hydrogen (secondary N) is 1. The fourth-order valence-corrected chi connectivity index (χ4v) is 2.62. The molecule has 0 unspecified atom stereocenters. The molecule has 4 heteroatoms. The van der Waals surface area contributed by atoms with E-state index in [-0.39, 0.29) is 0 Å². The third-order valence-corrected chi connectivity index (χ3v) is 3.53. The van der Waals surface area contributed by atoms with E-state index in [2.05, 4.69) is 45.1 Å². The summed E-state index contributed by atoms with van der Waals surface area (Å²) in [7, 11) is 1.90. The largest absolute Gasteiger partial charge is 0.373 e. The lowest BCUT2D eigenvalue weighted by atomic mass is 10.0. The molecule has 19 heavy (non-hydrogen) atoms. The molecule has 0 radical (unpaired) electrons. The Labute approximate surface area is 122 Å². The molecule has 0 fully saturated rings. The quantitative estimate of drug-likeness (QED) is 0.912. The minimum atomic E-state index is 0.402. The number of rotatable bonds is 3. The van der Waals surface area contributed by atoms with Crippen molar-refractivity contribution in [3.05, 3.63) is 40.0 Å². The van der Waals surface area contributed by atoms with Crippen LogP contribution in [0, 0.1) is 6.92 Å². The topological polar surface area (TPSA) is 37.8 Å². The number of benzene rings is 1. The van der Waals surface area contributed by atoms with Gasteiger partial charge in [0.25, 0.3) is 0 Å². The molecule has 0 saturated heterocycles. The minimum absolute atomic E-state index is 0.402. The van der Waals surface area contributed by atoms with E-state index in [0.717, 1.165) is 27.4 Å². The van der Waals surface area contributed by atoms with Gasteiger partial charge in [-0.2, -0.15) is 0 Å². The van der Waals surface area contributed by atoms with Crippen molar-refractivity contribution in [2.75, 3.05) is 12.4 Å². The molecule has 0 atom stereocenters. The maximum absolute atomic E-state index is 4.64. The predicted molar refractivity (Wildman–Crippen MR) is 83.5 cm³/mol. The minimum Gasteiger partial charge on any atom is -0.373 e. The van der Waals surface area contributed by atoms with E-state index in [0.29, 0.717) is 5.92 Å². The van der Waals surface area contributed by atoms with Crippen LogP contribution >= 0.6 is 15.9 Å². The van der Waals surface area contributed by atoms with Crippen LogP contribution in [0.25, 0.3) is 11.4 Å². The van der Waals surface area contributed by atoms with Crippen molar-refractivity contribution in [2.24, 2.45) is 0 Å². The molecule has 0 saturated carbocycles. The summed E-state index contributed by atoms with van der Waals surface area (Å²) in [5.41, 5.74) is 3.23. The molecule has 0 aliphatic carbocycles. The van der Waals surface area contributed by atoms with Crippen molar-refractivity contribution in [2.45, 2.75) is 26.7 Å². The number of halogens is 1. The molecule has 2 aromatic rings. The third kappa shape index (κ3) is 2.95. The number of anilines is 1. The predicted octanol–water partition coefficient (Wildman–Crippen LogP) is 4.38. The summed E-state index contributed by atoms with van der Waals surface area (Å²) in [4.78, 5) is 9.28. The summed E-state index contributed by atoms with van der Waals surface area (Å²) in [6.45, 7) is 6.36. The van der Waals surface area contributed by atoms with Gasteiger partial charge < -0.3 is 5.32 Å². The lowest BCUT2D eigenvalue weighted by Gasteiger charge is -2.15. The standard InChI is InChI=1S/C15H18BrN3/c1-9(2)13-10(3)18-14(19-15(13)17-4)11-6-5-7-12(16)8-11/h5-9H,1-4H3,(H,17,18,19). The van der Waals surface area contributed by atoms with Crippen LogP contribution in [0.4, 0.5) is 5.82 Å². The van der Waals surface area contributed by atoms with Gasteiger partial charge in [-0.05, 0) is 25.0 Å². The van der Waals surface area contributed by atoms with Crippen molar-refractivity contribution in [1.82, 2.24) is 9.97 Å². The van der Waals surface area contributed by atoms with E-state index < -0.39 is 0 Å². The van der Waals surface area contributed by atoms with Crippen molar-refractivity contribution in [1.29, 1.82) is 0 Å². The van der Waals surface area contributed by atoms with Crippen LogP contribution in [0.3, 0.4) is 0 Å². The van der Waals surface area contributed by atoms with Crippen molar-refractivity contribution >= 4 is 21.7 Å². The highest BCUT2D eigenvalue weighted by Crippen LogP contribution is 2.28. The van der Waals surface area contributed by atoms with E-state index in [1.54, 1.807) is 0 Å². The molecular weight excluding hydrogens is 302 g/mol. The number of hydrogen-bond donors (Lipinski definition) is 1. The fraction of sp³-hybridized carbons (Fsp3) is 0.333. The summed E-state index contributed by atoms with van der Waals surface area (Å²) in [6.07, 6.45) is 0. The van der Waals surface area contributed by atoms with Crippen molar-refractivity contribution < 1.29 is 0 Å². The molecule has 1 aromatic carbocycles. The Morgan fingerprint density at radius 3 is 2.53 bits per heavy atom. The summed E-state index contributed by atoms with van der Waals surface area (Å²) in [6, 6.07) is 8.04. The van der Waals surface area contributed by atoms with Gasteiger partial charge in [-0.15, -0.1) is 0 Å². The first-order valence-corrected chi connectivity index (χ1v) is 7.14. The molecule has 100 valence electrons. The Morgan fingerprint density at radius 2 is 1.95 bits per heavy atom. The van der Waals surface area contributed by atoms with Crippen LogP contribution in [0.1, 0.15) is 31.0 Å². The van der Waals surface area contributed by atoms with Gasteiger partial charge in [-0.1, -0.05) is 41.9 Å². The van der Waals surface area contributed by atoms with Gasteiger partial charge in [-0.3, -0.25) is 0 Å². The monoisotopic (exact) mass is 319 g/mol. The summed E-state index contributed by atoms with van der Waals surface area (Å²) >= 11 is 3.48. The van der Waals surface area contributed by atoms with Crippen molar-refractivity contribution in [3.63, 3.8) is 0 Å². The van der Waals surface area contributed by atoms with Gasteiger partial charge in [0.05, 0.1) is 0 Å². The summed E-state index contributed by atoms with van der Waals surface area (Å²) in [5, 5.41) is 3.18. The molecule has 0 amide bonds. The van der Waals surface area contributed by atoms with Gasteiger partial charge in [0.15, 0.2) is 5.82 Å². The number of hydrogen-bond acceptors (Lipinski definition) is 3. The van der Waals surface area contributed by atoms with Crippen LogP contribution in [0.2, 0.25) is 0 Å². The highest BCUT2D eigenvalue weighted by Gasteiger charge is 2.14. The Balaban J connectivity index is 2.58. The average Bonchev–Trinajstić information content (AvgIpc) is 2.37. The second-order valence-corrected chi connectivity index (χ2v) is 5.73. The smallest absolute Gasteiger partial charge is 0.161 e. The normalized spacial score (nSPS) is 10.8. The Morgan fingerprint density at radius 1 is 1.21 bits per heavy atom. The number of aryl methyl sites for hydroxylation is 1.